The molecule has 1 aromatic carbocycles. The number of fused-ring (bicyclic) bond motifs is 1. The molecule has 3 aromatic rings. The molecule has 2 aliphatic heterocycles. The van der Waals surface area contributed by atoms with Crippen molar-refractivity contribution in [1.29, 1.82) is 0 Å². The van der Waals surface area contributed by atoms with Crippen LogP contribution in [0, 0.1) is 5.92 Å². The fraction of sp³-hybridized carbons (Fsp3) is 0.417. The molecule has 2 aliphatic rings. The molecular formula is C24H27N5O2. The quantitative estimate of drug-likeness (QED) is 0.649. The van der Waals surface area contributed by atoms with Gasteiger partial charge in [0.2, 0.25) is 5.91 Å². The smallest absolute Gasteiger partial charge is 0.225 e. The molecule has 5 rings (SSSR count). The largest absolute Gasteiger partial charge is 0.489 e. The van der Waals surface area contributed by atoms with E-state index in [0.717, 1.165) is 74.3 Å². The number of para-hydroxylation sites is 1. The van der Waals surface area contributed by atoms with Crippen molar-refractivity contribution in [3.8, 4) is 5.75 Å². The number of ether oxygens (including phenoxy) is 1. The van der Waals surface area contributed by atoms with Crippen molar-refractivity contribution in [2.75, 3.05) is 31.1 Å². The van der Waals surface area contributed by atoms with Gasteiger partial charge in [-0.1, -0.05) is 12.1 Å². The SMILES string of the molecule is O=C(C1CCN(c2ncnc3ccccc23)CC1)N1CCC(Oc2cccnc2)CC1. The lowest BCUT2D eigenvalue weighted by Crippen LogP contribution is -2.47. The number of amides is 1. The first-order chi connectivity index (χ1) is 15.3. The van der Waals surface area contributed by atoms with Gasteiger partial charge < -0.3 is 14.5 Å². The van der Waals surface area contributed by atoms with Gasteiger partial charge in [-0.15, -0.1) is 0 Å². The van der Waals surface area contributed by atoms with E-state index in [9.17, 15) is 4.79 Å². The van der Waals surface area contributed by atoms with Crippen LogP contribution in [0.25, 0.3) is 10.9 Å². The summed E-state index contributed by atoms with van der Waals surface area (Å²) in [5, 5.41) is 1.07. The summed E-state index contributed by atoms with van der Waals surface area (Å²) in [6.07, 6.45) is 8.73. The number of likely N-dealkylation sites (tertiary alicyclic amines) is 1. The standard InChI is InChI=1S/C24H27N5O2/c30-24(29-14-9-19(10-15-29)31-20-4-3-11-25-16-20)18-7-12-28(13-8-18)23-21-5-1-2-6-22(21)26-17-27-23/h1-6,11,16-19H,7-10,12-15H2. The van der Waals surface area contributed by atoms with Crippen LogP contribution in [0.2, 0.25) is 0 Å². The van der Waals surface area contributed by atoms with Crippen LogP contribution in [-0.2, 0) is 4.79 Å². The summed E-state index contributed by atoms with van der Waals surface area (Å²) in [4.78, 5) is 30.4. The third-order valence-corrected chi connectivity index (χ3v) is 6.36. The number of rotatable bonds is 4. The maximum atomic E-state index is 13.1. The van der Waals surface area contributed by atoms with E-state index in [2.05, 4.69) is 25.9 Å². The van der Waals surface area contributed by atoms with Crippen LogP contribution in [0.1, 0.15) is 25.7 Å². The molecule has 0 N–H and O–H groups in total. The summed E-state index contributed by atoms with van der Waals surface area (Å²) in [5.74, 6) is 2.17. The Labute approximate surface area is 182 Å². The summed E-state index contributed by atoms with van der Waals surface area (Å²) in [7, 11) is 0. The molecule has 160 valence electrons. The van der Waals surface area contributed by atoms with Crippen LogP contribution in [-0.4, -0.2) is 58.0 Å². The van der Waals surface area contributed by atoms with Crippen LogP contribution in [0.5, 0.6) is 5.75 Å². The van der Waals surface area contributed by atoms with Crippen LogP contribution < -0.4 is 9.64 Å². The topological polar surface area (TPSA) is 71.5 Å². The van der Waals surface area contributed by atoms with Crippen molar-refractivity contribution in [3.63, 3.8) is 0 Å². The van der Waals surface area contributed by atoms with Gasteiger partial charge in [0.1, 0.15) is 24.0 Å². The number of carbonyl (C=O) groups excluding carboxylic acids is 1. The van der Waals surface area contributed by atoms with Gasteiger partial charge >= 0.3 is 0 Å². The summed E-state index contributed by atoms with van der Waals surface area (Å²) < 4.78 is 6.01. The zero-order chi connectivity index (χ0) is 21.0. The van der Waals surface area contributed by atoms with Crippen molar-refractivity contribution in [2.24, 2.45) is 5.92 Å². The first-order valence-corrected chi connectivity index (χ1v) is 11.1. The second-order valence-electron chi connectivity index (χ2n) is 8.31. The average Bonchev–Trinajstić information content (AvgIpc) is 2.84. The predicted molar refractivity (Wildman–Crippen MR) is 119 cm³/mol. The third-order valence-electron chi connectivity index (χ3n) is 6.36. The highest BCUT2D eigenvalue weighted by molar-refractivity contribution is 5.89. The second kappa shape index (κ2) is 8.88. The van der Waals surface area contributed by atoms with Crippen LogP contribution >= 0.6 is 0 Å². The van der Waals surface area contributed by atoms with Gasteiger partial charge in [-0.2, -0.15) is 0 Å². The number of piperidine rings is 2. The molecule has 7 nitrogen and oxygen atoms in total. The molecule has 2 aromatic heterocycles. The summed E-state index contributed by atoms with van der Waals surface area (Å²) in [5.41, 5.74) is 0.960. The highest BCUT2D eigenvalue weighted by Gasteiger charge is 2.32. The highest BCUT2D eigenvalue weighted by Crippen LogP contribution is 2.29. The average molecular weight is 418 g/mol. The Kier molecular flexibility index (Phi) is 5.65. The molecular weight excluding hydrogens is 390 g/mol. The number of aromatic nitrogens is 3. The van der Waals surface area contributed by atoms with E-state index in [1.165, 1.54) is 0 Å². The fourth-order valence-electron chi connectivity index (χ4n) is 4.64. The Morgan fingerprint density at radius 2 is 1.74 bits per heavy atom. The Balaban J connectivity index is 1.15. The molecule has 31 heavy (non-hydrogen) atoms. The monoisotopic (exact) mass is 417 g/mol. The lowest BCUT2D eigenvalue weighted by Gasteiger charge is -2.37. The molecule has 7 heteroatoms. The van der Waals surface area contributed by atoms with E-state index in [1.807, 2.05) is 35.2 Å². The summed E-state index contributed by atoms with van der Waals surface area (Å²) in [6, 6.07) is 11.9. The predicted octanol–water partition coefficient (Wildman–Crippen LogP) is 3.31. The molecule has 4 heterocycles. The van der Waals surface area contributed by atoms with E-state index >= 15 is 0 Å². The number of hydrogen-bond acceptors (Lipinski definition) is 6. The molecule has 0 spiro atoms. The highest BCUT2D eigenvalue weighted by atomic mass is 16.5. The van der Waals surface area contributed by atoms with Crippen molar-refractivity contribution in [3.05, 3.63) is 55.1 Å². The number of carbonyl (C=O) groups is 1. The molecule has 0 aliphatic carbocycles. The fourth-order valence-corrected chi connectivity index (χ4v) is 4.64. The molecule has 0 atom stereocenters. The van der Waals surface area contributed by atoms with E-state index in [-0.39, 0.29) is 12.0 Å². The summed E-state index contributed by atoms with van der Waals surface area (Å²) >= 11 is 0. The Morgan fingerprint density at radius 1 is 0.935 bits per heavy atom. The summed E-state index contributed by atoms with van der Waals surface area (Å²) in [6.45, 7) is 3.22. The zero-order valence-electron chi connectivity index (χ0n) is 17.6. The maximum absolute atomic E-state index is 13.1. The number of hydrogen-bond donors (Lipinski definition) is 0. The Bertz CT molecular complexity index is 1020. The van der Waals surface area contributed by atoms with Crippen molar-refractivity contribution in [1.82, 2.24) is 19.9 Å². The molecule has 0 radical (unpaired) electrons. The van der Waals surface area contributed by atoms with Crippen molar-refractivity contribution in [2.45, 2.75) is 31.8 Å². The normalized spacial score (nSPS) is 18.3. The van der Waals surface area contributed by atoms with Crippen LogP contribution in [0.15, 0.2) is 55.1 Å². The van der Waals surface area contributed by atoms with Crippen molar-refractivity contribution < 1.29 is 9.53 Å². The minimum absolute atomic E-state index is 0.0974. The van der Waals surface area contributed by atoms with Gasteiger partial charge in [0.15, 0.2) is 0 Å². The lowest BCUT2D eigenvalue weighted by atomic mass is 9.94. The van der Waals surface area contributed by atoms with E-state index in [4.69, 9.17) is 4.74 Å². The molecule has 2 saturated heterocycles. The lowest BCUT2D eigenvalue weighted by molar-refractivity contribution is -0.138. The number of anilines is 1. The van der Waals surface area contributed by atoms with Crippen molar-refractivity contribution >= 4 is 22.6 Å². The number of nitrogens with zero attached hydrogens (tertiary/aromatic N) is 5. The maximum Gasteiger partial charge on any atom is 0.225 e. The second-order valence-corrected chi connectivity index (χ2v) is 8.31. The van der Waals surface area contributed by atoms with Gasteiger partial charge in [-0.3, -0.25) is 9.78 Å². The van der Waals surface area contributed by atoms with Gasteiger partial charge in [0.25, 0.3) is 0 Å². The van der Waals surface area contributed by atoms with Gasteiger partial charge in [-0.05, 0) is 37.1 Å². The molecule has 0 saturated carbocycles. The van der Waals surface area contributed by atoms with Gasteiger partial charge in [0.05, 0.1) is 11.7 Å². The van der Waals surface area contributed by atoms with Gasteiger partial charge in [0, 0.05) is 56.5 Å². The first kappa shape index (κ1) is 19.7. The van der Waals surface area contributed by atoms with E-state index in [0.29, 0.717) is 5.91 Å². The van der Waals surface area contributed by atoms with E-state index < -0.39 is 0 Å². The van der Waals surface area contributed by atoms with E-state index in [1.54, 1.807) is 18.7 Å². The number of pyridine rings is 1. The Hall–Kier alpha value is -3.22. The first-order valence-electron chi connectivity index (χ1n) is 11.1. The molecule has 0 unspecified atom stereocenters. The molecule has 0 bridgehead atoms. The van der Waals surface area contributed by atoms with Crippen LogP contribution in [0.3, 0.4) is 0 Å². The van der Waals surface area contributed by atoms with Crippen LogP contribution in [0.4, 0.5) is 5.82 Å². The minimum atomic E-state index is 0.0974. The third kappa shape index (κ3) is 4.31. The molecule has 1 amide bonds. The minimum Gasteiger partial charge on any atom is -0.489 e. The number of benzene rings is 1. The Morgan fingerprint density at radius 3 is 2.52 bits per heavy atom. The zero-order valence-corrected chi connectivity index (χ0v) is 17.6. The molecule has 2 fully saturated rings. The van der Waals surface area contributed by atoms with Gasteiger partial charge in [-0.25, -0.2) is 9.97 Å².